The van der Waals surface area contributed by atoms with Gasteiger partial charge in [0.15, 0.2) is 0 Å². The van der Waals surface area contributed by atoms with Crippen molar-refractivity contribution in [1.82, 2.24) is 0 Å². The molecule has 1 aromatic rings. The average molecular weight is 304 g/mol. The van der Waals surface area contributed by atoms with Gasteiger partial charge in [-0.3, -0.25) is 0 Å². The highest BCUT2D eigenvalue weighted by molar-refractivity contribution is 5.85. The minimum atomic E-state index is -0.604. The third-order valence-corrected chi connectivity index (χ3v) is 3.25. The summed E-state index contributed by atoms with van der Waals surface area (Å²) in [5.41, 5.74) is 6.89. The van der Waals surface area contributed by atoms with Gasteiger partial charge in [0.05, 0.1) is 31.9 Å². The van der Waals surface area contributed by atoms with E-state index in [-0.39, 0.29) is 12.4 Å². The molecule has 0 bridgehead atoms. The molecule has 0 saturated carbocycles. The van der Waals surface area contributed by atoms with E-state index in [1.165, 1.54) is 0 Å². The van der Waals surface area contributed by atoms with Crippen molar-refractivity contribution >= 4 is 12.4 Å². The van der Waals surface area contributed by atoms with Gasteiger partial charge in [-0.25, -0.2) is 0 Å². The smallest absolute Gasteiger partial charge is 0.127 e. The molecule has 0 aliphatic rings. The molecule has 0 amide bonds. The fourth-order valence-corrected chi connectivity index (χ4v) is 2.08. The van der Waals surface area contributed by atoms with Gasteiger partial charge in [0.1, 0.15) is 11.5 Å². The lowest BCUT2D eigenvalue weighted by atomic mass is 9.95. The van der Waals surface area contributed by atoms with Crippen molar-refractivity contribution in [2.45, 2.75) is 38.8 Å². The van der Waals surface area contributed by atoms with Crippen LogP contribution in [0.1, 0.15) is 38.3 Å². The highest BCUT2D eigenvalue weighted by Crippen LogP contribution is 2.35. The van der Waals surface area contributed by atoms with Gasteiger partial charge in [0, 0.05) is 0 Å². The van der Waals surface area contributed by atoms with Crippen LogP contribution in [0.3, 0.4) is 0 Å². The lowest BCUT2D eigenvalue weighted by Gasteiger charge is -2.23. The predicted octanol–water partition coefficient (Wildman–Crippen LogP) is 2.92. The summed E-state index contributed by atoms with van der Waals surface area (Å²) in [6.45, 7) is 4.25. The summed E-state index contributed by atoms with van der Waals surface area (Å²) in [6, 6.07) is 4.98. The zero-order valence-corrected chi connectivity index (χ0v) is 13.4. The van der Waals surface area contributed by atoms with E-state index in [0.29, 0.717) is 23.8 Å². The molecule has 2 atom stereocenters. The number of hydrogen-bond donors (Lipinski definition) is 2. The fraction of sp³-hybridized carbons (Fsp3) is 0.600. The number of aliphatic hydroxyl groups excluding tert-OH is 1. The molecule has 0 aromatic heterocycles. The first kappa shape index (κ1) is 19.0. The summed E-state index contributed by atoms with van der Waals surface area (Å²) in [5, 5.41) is 10.2. The van der Waals surface area contributed by atoms with Crippen LogP contribution in [0.25, 0.3) is 0 Å². The number of ether oxygens (including phenoxy) is 2. The first-order valence-corrected chi connectivity index (χ1v) is 6.65. The van der Waals surface area contributed by atoms with E-state index in [0.717, 1.165) is 12.0 Å². The van der Waals surface area contributed by atoms with Gasteiger partial charge in [-0.1, -0.05) is 19.9 Å². The molecule has 0 fully saturated rings. The molecule has 0 spiro atoms. The average Bonchev–Trinajstić information content (AvgIpc) is 2.42. The molecular formula is C15H26ClNO3. The van der Waals surface area contributed by atoms with Gasteiger partial charge in [-0.15, -0.1) is 12.4 Å². The summed E-state index contributed by atoms with van der Waals surface area (Å²) in [7, 11) is 3.18. The zero-order chi connectivity index (χ0) is 14.4. The molecule has 1 rings (SSSR count). The third-order valence-electron chi connectivity index (χ3n) is 3.25. The van der Waals surface area contributed by atoms with Crippen LogP contribution in [0, 0.1) is 5.92 Å². The van der Waals surface area contributed by atoms with Crippen LogP contribution in [0.4, 0.5) is 0 Å². The van der Waals surface area contributed by atoms with Crippen molar-refractivity contribution in [3.8, 4) is 11.5 Å². The van der Waals surface area contributed by atoms with Crippen molar-refractivity contribution in [1.29, 1.82) is 0 Å². The summed E-state index contributed by atoms with van der Waals surface area (Å²) in [5.74, 6) is 1.84. The maximum Gasteiger partial charge on any atom is 0.127 e. The maximum atomic E-state index is 10.2. The van der Waals surface area contributed by atoms with Crippen molar-refractivity contribution in [2.24, 2.45) is 11.7 Å². The van der Waals surface area contributed by atoms with Gasteiger partial charge in [-0.05, 0) is 30.9 Å². The van der Waals surface area contributed by atoms with E-state index in [4.69, 9.17) is 15.2 Å². The SMILES string of the molecule is COc1cccc(OC)c1[C@@H](N)[C@@H](O)CCC(C)C.Cl. The molecule has 1 aromatic carbocycles. The van der Waals surface area contributed by atoms with Crippen molar-refractivity contribution in [3.05, 3.63) is 23.8 Å². The van der Waals surface area contributed by atoms with Gasteiger partial charge >= 0.3 is 0 Å². The summed E-state index contributed by atoms with van der Waals surface area (Å²) >= 11 is 0. The summed E-state index contributed by atoms with van der Waals surface area (Å²) in [6.07, 6.45) is 0.999. The van der Waals surface area contributed by atoms with Gasteiger partial charge in [-0.2, -0.15) is 0 Å². The van der Waals surface area contributed by atoms with E-state index in [1.54, 1.807) is 14.2 Å². The topological polar surface area (TPSA) is 64.7 Å². The van der Waals surface area contributed by atoms with Crippen LogP contribution in [0.2, 0.25) is 0 Å². The number of benzene rings is 1. The lowest BCUT2D eigenvalue weighted by Crippen LogP contribution is -2.27. The number of aliphatic hydroxyl groups is 1. The Labute approximate surface area is 127 Å². The number of methoxy groups -OCH3 is 2. The van der Waals surface area contributed by atoms with E-state index in [9.17, 15) is 5.11 Å². The summed E-state index contributed by atoms with van der Waals surface area (Å²) < 4.78 is 10.6. The van der Waals surface area contributed by atoms with Crippen LogP contribution in [-0.2, 0) is 0 Å². The number of nitrogens with two attached hydrogens (primary N) is 1. The molecule has 0 saturated heterocycles. The molecular weight excluding hydrogens is 278 g/mol. The van der Waals surface area contributed by atoms with E-state index in [2.05, 4.69) is 13.8 Å². The maximum absolute atomic E-state index is 10.2. The zero-order valence-electron chi connectivity index (χ0n) is 12.6. The minimum absolute atomic E-state index is 0. The van der Waals surface area contributed by atoms with E-state index in [1.807, 2.05) is 18.2 Å². The second kappa shape index (κ2) is 9.06. The molecule has 116 valence electrons. The molecule has 0 aliphatic carbocycles. The monoisotopic (exact) mass is 303 g/mol. The molecule has 0 radical (unpaired) electrons. The second-order valence-electron chi connectivity index (χ2n) is 5.14. The van der Waals surface area contributed by atoms with Crippen LogP contribution in [0.15, 0.2) is 18.2 Å². The van der Waals surface area contributed by atoms with E-state index < -0.39 is 12.1 Å². The molecule has 5 heteroatoms. The van der Waals surface area contributed by atoms with Crippen molar-refractivity contribution in [2.75, 3.05) is 14.2 Å². The Kier molecular flexibility index (Phi) is 8.62. The molecule has 20 heavy (non-hydrogen) atoms. The van der Waals surface area contributed by atoms with Gasteiger partial charge in [0.2, 0.25) is 0 Å². The summed E-state index contributed by atoms with van der Waals surface area (Å²) in [4.78, 5) is 0. The van der Waals surface area contributed by atoms with E-state index >= 15 is 0 Å². The highest BCUT2D eigenvalue weighted by atomic mass is 35.5. The highest BCUT2D eigenvalue weighted by Gasteiger charge is 2.24. The number of halogens is 1. The fourth-order valence-electron chi connectivity index (χ4n) is 2.08. The molecule has 3 N–H and O–H groups in total. The molecule has 0 unspecified atom stereocenters. The van der Waals surface area contributed by atoms with Crippen molar-refractivity contribution < 1.29 is 14.6 Å². The Hall–Kier alpha value is -0.970. The molecule has 4 nitrogen and oxygen atoms in total. The second-order valence-corrected chi connectivity index (χ2v) is 5.14. The predicted molar refractivity (Wildman–Crippen MR) is 83.8 cm³/mol. The normalized spacial score (nSPS) is 13.6. The van der Waals surface area contributed by atoms with Gasteiger partial charge in [0.25, 0.3) is 0 Å². The third kappa shape index (κ3) is 4.85. The largest absolute Gasteiger partial charge is 0.496 e. The standard InChI is InChI=1S/C15H25NO3.ClH/c1-10(2)8-9-11(17)15(16)14-12(18-3)6-5-7-13(14)19-4;/h5-7,10-11,15,17H,8-9,16H2,1-4H3;1H/t11-,15-;/m0./s1. The van der Waals surface area contributed by atoms with Gasteiger partial charge < -0.3 is 20.3 Å². The van der Waals surface area contributed by atoms with Crippen LogP contribution < -0.4 is 15.2 Å². The van der Waals surface area contributed by atoms with Crippen LogP contribution in [0.5, 0.6) is 11.5 Å². The quantitative estimate of drug-likeness (QED) is 0.813. The van der Waals surface area contributed by atoms with Crippen molar-refractivity contribution in [3.63, 3.8) is 0 Å². The Balaban J connectivity index is 0.00000361. The molecule has 0 heterocycles. The first-order valence-electron chi connectivity index (χ1n) is 6.65. The molecule has 0 aliphatic heterocycles. The lowest BCUT2D eigenvalue weighted by molar-refractivity contribution is 0.126. The minimum Gasteiger partial charge on any atom is -0.496 e. The Morgan fingerprint density at radius 1 is 1.10 bits per heavy atom. The van der Waals surface area contributed by atoms with Crippen LogP contribution in [-0.4, -0.2) is 25.4 Å². The van der Waals surface area contributed by atoms with Crippen LogP contribution >= 0.6 is 12.4 Å². The Bertz CT molecular complexity index is 376. The Morgan fingerprint density at radius 2 is 1.60 bits per heavy atom. The first-order chi connectivity index (χ1) is 9.01. The number of hydrogen-bond acceptors (Lipinski definition) is 4. The number of rotatable bonds is 7. The Morgan fingerprint density at radius 3 is 2.00 bits per heavy atom.